The van der Waals surface area contributed by atoms with Crippen molar-refractivity contribution >= 4 is 5.69 Å². The van der Waals surface area contributed by atoms with Gasteiger partial charge < -0.3 is 5.32 Å². The summed E-state index contributed by atoms with van der Waals surface area (Å²) in [5.74, 6) is 0.198. The van der Waals surface area contributed by atoms with E-state index >= 15 is 0 Å². The fourth-order valence-electron chi connectivity index (χ4n) is 1.96. The van der Waals surface area contributed by atoms with E-state index < -0.39 is 0 Å². The Morgan fingerprint density at radius 1 is 1.15 bits per heavy atom. The van der Waals surface area contributed by atoms with Gasteiger partial charge in [-0.3, -0.25) is 0 Å². The second-order valence-electron chi connectivity index (χ2n) is 5.05. The summed E-state index contributed by atoms with van der Waals surface area (Å²) >= 11 is 0. The summed E-state index contributed by atoms with van der Waals surface area (Å²) in [6.45, 7) is 4.65. The van der Waals surface area contributed by atoms with Crippen LogP contribution in [0.15, 0.2) is 42.5 Å². The molecule has 0 heterocycles. The summed E-state index contributed by atoms with van der Waals surface area (Å²) in [7, 11) is 0. The molecule has 0 fully saturated rings. The number of rotatable bonds is 4. The third-order valence-corrected chi connectivity index (χ3v) is 3.24. The Morgan fingerprint density at radius 2 is 1.85 bits per heavy atom. The molecule has 0 aliphatic heterocycles. The Morgan fingerprint density at radius 3 is 2.45 bits per heavy atom. The molecule has 0 bridgehead atoms. The standard InChI is InChI=1S/C17H17FN2/c1-12(2)14-4-6-16(7-5-14)20-11-15-9-13(10-19)3-8-17(15)18/h3-9,12,20H,11H2,1-2H3. The maximum absolute atomic E-state index is 13.6. The van der Waals surface area contributed by atoms with Crippen LogP contribution < -0.4 is 5.32 Å². The molecule has 3 heteroatoms. The van der Waals surface area contributed by atoms with E-state index in [1.54, 1.807) is 6.07 Å². The topological polar surface area (TPSA) is 35.8 Å². The van der Waals surface area contributed by atoms with Crippen LogP contribution in [0.1, 0.15) is 36.5 Å². The van der Waals surface area contributed by atoms with Crippen molar-refractivity contribution in [3.63, 3.8) is 0 Å². The van der Waals surface area contributed by atoms with Crippen LogP contribution >= 0.6 is 0 Å². The van der Waals surface area contributed by atoms with Gasteiger partial charge in [0.15, 0.2) is 0 Å². The van der Waals surface area contributed by atoms with Gasteiger partial charge in [0, 0.05) is 17.8 Å². The largest absolute Gasteiger partial charge is 0.381 e. The Hall–Kier alpha value is -2.34. The van der Waals surface area contributed by atoms with Gasteiger partial charge in [0.2, 0.25) is 0 Å². The van der Waals surface area contributed by atoms with Crippen LogP contribution in [0, 0.1) is 17.1 Å². The molecule has 20 heavy (non-hydrogen) atoms. The Bertz CT molecular complexity index is 624. The van der Waals surface area contributed by atoms with Crippen LogP contribution in [0.5, 0.6) is 0 Å². The molecule has 2 aromatic rings. The molecule has 2 rings (SSSR count). The minimum atomic E-state index is -0.296. The summed E-state index contributed by atoms with van der Waals surface area (Å²) in [4.78, 5) is 0. The van der Waals surface area contributed by atoms with Crippen LogP contribution in [0.25, 0.3) is 0 Å². The molecule has 0 amide bonds. The number of anilines is 1. The van der Waals surface area contributed by atoms with E-state index in [1.165, 1.54) is 17.7 Å². The van der Waals surface area contributed by atoms with Gasteiger partial charge in [-0.05, 0) is 41.8 Å². The number of nitriles is 1. The Labute approximate surface area is 118 Å². The molecule has 0 aliphatic carbocycles. The van der Waals surface area contributed by atoms with Gasteiger partial charge in [-0.25, -0.2) is 4.39 Å². The van der Waals surface area contributed by atoms with E-state index in [1.807, 2.05) is 18.2 Å². The zero-order valence-electron chi connectivity index (χ0n) is 11.7. The normalized spacial score (nSPS) is 10.3. The first kappa shape index (κ1) is 14.1. The molecule has 102 valence electrons. The zero-order chi connectivity index (χ0) is 14.5. The van der Waals surface area contributed by atoms with Gasteiger partial charge >= 0.3 is 0 Å². The number of hydrogen-bond donors (Lipinski definition) is 1. The van der Waals surface area contributed by atoms with Crippen LogP contribution in [0.2, 0.25) is 0 Å². The number of halogens is 1. The Kier molecular flexibility index (Phi) is 4.37. The fraction of sp³-hybridized carbons (Fsp3) is 0.235. The molecule has 0 aromatic heterocycles. The molecule has 0 unspecified atom stereocenters. The lowest BCUT2D eigenvalue weighted by Crippen LogP contribution is -2.02. The van der Waals surface area contributed by atoms with Crippen LogP contribution in [-0.2, 0) is 6.54 Å². The van der Waals surface area contributed by atoms with Crippen LogP contribution in [-0.4, -0.2) is 0 Å². The number of nitrogens with one attached hydrogen (secondary N) is 1. The first-order chi connectivity index (χ1) is 9.60. The molecule has 2 aromatic carbocycles. The van der Waals surface area contributed by atoms with E-state index in [4.69, 9.17) is 5.26 Å². The van der Waals surface area contributed by atoms with Crippen molar-refractivity contribution in [2.75, 3.05) is 5.32 Å². The average Bonchev–Trinajstić information content (AvgIpc) is 2.47. The second-order valence-corrected chi connectivity index (χ2v) is 5.05. The highest BCUT2D eigenvalue weighted by atomic mass is 19.1. The zero-order valence-corrected chi connectivity index (χ0v) is 11.7. The van der Waals surface area contributed by atoms with E-state index in [2.05, 4.69) is 31.3 Å². The maximum atomic E-state index is 13.6. The molecule has 1 N–H and O–H groups in total. The van der Waals surface area contributed by atoms with Gasteiger partial charge in [0.1, 0.15) is 5.82 Å². The molecule has 0 radical (unpaired) electrons. The number of benzene rings is 2. The highest BCUT2D eigenvalue weighted by Crippen LogP contribution is 2.18. The highest BCUT2D eigenvalue weighted by molar-refractivity contribution is 5.46. The first-order valence-corrected chi connectivity index (χ1v) is 6.62. The van der Waals surface area contributed by atoms with Crippen molar-refractivity contribution < 1.29 is 4.39 Å². The van der Waals surface area contributed by atoms with Crippen LogP contribution in [0.4, 0.5) is 10.1 Å². The molecular weight excluding hydrogens is 251 g/mol. The maximum Gasteiger partial charge on any atom is 0.128 e. The number of nitrogens with zero attached hydrogens (tertiary/aromatic N) is 1. The lowest BCUT2D eigenvalue weighted by Gasteiger charge is -2.10. The first-order valence-electron chi connectivity index (χ1n) is 6.62. The van der Waals surface area contributed by atoms with Crippen molar-refractivity contribution in [3.05, 3.63) is 65.0 Å². The molecule has 2 nitrogen and oxygen atoms in total. The third-order valence-electron chi connectivity index (χ3n) is 3.24. The van der Waals surface area contributed by atoms with Gasteiger partial charge in [0.05, 0.1) is 11.6 Å². The monoisotopic (exact) mass is 268 g/mol. The quantitative estimate of drug-likeness (QED) is 0.890. The lowest BCUT2D eigenvalue weighted by atomic mass is 10.0. The third kappa shape index (κ3) is 3.36. The van der Waals surface area contributed by atoms with Gasteiger partial charge in [-0.15, -0.1) is 0 Å². The summed E-state index contributed by atoms with van der Waals surface area (Å²) in [5, 5.41) is 12.0. The summed E-state index contributed by atoms with van der Waals surface area (Å²) in [5.41, 5.74) is 3.18. The van der Waals surface area contributed by atoms with E-state index in [-0.39, 0.29) is 5.82 Å². The molecule has 0 aliphatic rings. The second kappa shape index (κ2) is 6.21. The predicted molar refractivity (Wildman–Crippen MR) is 79.0 cm³/mol. The molecule has 0 atom stereocenters. The molecule has 0 spiro atoms. The van der Waals surface area contributed by atoms with Crippen molar-refractivity contribution in [2.45, 2.75) is 26.3 Å². The fourth-order valence-corrected chi connectivity index (χ4v) is 1.96. The molecule has 0 saturated carbocycles. The Balaban J connectivity index is 2.07. The van der Waals surface area contributed by atoms with Crippen molar-refractivity contribution in [2.24, 2.45) is 0 Å². The van der Waals surface area contributed by atoms with Crippen molar-refractivity contribution in [1.29, 1.82) is 5.26 Å². The van der Waals surface area contributed by atoms with Crippen molar-refractivity contribution in [1.82, 2.24) is 0 Å². The van der Waals surface area contributed by atoms with E-state index in [0.717, 1.165) is 5.69 Å². The SMILES string of the molecule is CC(C)c1ccc(NCc2cc(C#N)ccc2F)cc1. The summed E-state index contributed by atoms with van der Waals surface area (Å²) in [6, 6.07) is 14.5. The van der Waals surface area contributed by atoms with Crippen molar-refractivity contribution in [3.8, 4) is 6.07 Å². The minimum absolute atomic E-state index is 0.296. The minimum Gasteiger partial charge on any atom is -0.381 e. The predicted octanol–water partition coefficient (Wildman–Crippen LogP) is 4.43. The molecule has 0 saturated heterocycles. The van der Waals surface area contributed by atoms with E-state index in [9.17, 15) is 4.39 Å². The average molecular weight is 268 g/mol. The smallest absolute Gasteiger partial charge is 0.128 e. The van der Waals surface area contributed by atoms with Crippen LogP contribution in [0.3, 0.4) is 0 Å². The summed E-state index contributed by atoms with van der Waals surface area (Å²) < 4.78 is 13.6. The van der Waals surface area contributed by atoms with E-state index in [0.29, 0.717) is 23.6 Å². The molecular formula is C17H17FN2. The lowest BCUT2D eigenvalue weighted by molar-refractivity contribution is 0.612. The van der Waals surface area contributed by atoms with Gasteiger partial charge in [-0.2, -0.15) is 5.26 Å². The highest BCUT2D eigenvalue weighted by Gasteiger charge is 2.04. The number of hydrogen-bond acceptors (Lipinski definition) is 2. The van der Waals surface area contributed by atoms with Gasteiger partial charge in [-0.1, -0.05) is 26.0 Å². The van der Waals surface area contributed by atoms with Gasteiger partial charge in [0.25, 0.3) is 0 Å². The summed E-state index contributed by atoms with van der Waals surface area (Å²) in [6.07, 6.45) is 0.